The molecule has 0 atom stereocenters. The molecule has 0 spiro atoms. The zero-order chi connectivity index (χ0) is 13.2. The zero-order valence-corrected chi connectivity index (χ0v) is 11.6. The topological polar surface area (TPSA) is 41.6 Å². The average molecular weight is 312 g/mol. The number of halogens is 1. The second-order valence-electron chi connectivity index (χ2n) is 4.30. The highest BCUT2D eigenvalue weighted by Crippen LogP contribution is 2.18. The molecule has 0 saturated heterocycles. The first-order chi connectivity index (χ1) is 9.26. The lowest BCUT2D eigenvalue weighted by Gasteiger charge is -2.05. The van der Waals surface area contributed by atoms with E-state index in [2.05, 4.69) is 37.6 Å². The van der Waals surface area contributed by atoms with Gasteiger partial charge in [0.25, 0.3) is 0 Å². The van der Waals surface area contributed by atoms with Gasteiger partial charge in [-0.2, -0.15) is 5.26 Å². The lowest BCUT2D eigenvalue weighted by Crippen LogP contribution is -2.00. The summed E-state index contributed by atoms with van der Waals surface area (Å²) in [5.41, 5.74) is 2.73. The molecule has 0 N–H and O–H groups in total. The second-order valence-corrected chi connectivity index (χ2v) is 5.21. The predicted octanol–water partition coefficient (Wildman–Crippen LogP) is 3.72. The maximum absolute atomic E-state index is 8.97. The van der Waals surface area contributed by atoms with Gasteiger partial charge in [-0.1, -0.05) is 6.07 Å². The summed E-state index contributed by atoms with van der Waals surface area (Å²) in [7, 11) is 0. The van der Waals surface area contributed by atoms with E-state index in [1.807, 2.05) is 36.5 Å². The van der Waals surface area contributed by atoms with Crippen molar-refractivity contribution >= 4 is 26.8 Å². The molecule has 3 rings (SSSR count). The number of nitrogens with zero attached hydrogens (tertiary/aromatic N) is 3. The molecule has 19 heavy (non-hydrogen) atoms. The zero-order valence-electron chi connectivity index (χ0n) is 10.0. The summed E-state index contributed by atoms with van der Waals surface area (Å²) in [6.07, 6.45) is 3.82. The van der Waals surface area contributed by atoms with Crippen molar-refractivity contribution in [1.29, 1.82) is 5.26 Å². The van der Waals surface area contributed by atoms with Crippen LogP contribution in [0.1, 0.15) is 11.3 Å². The van der Waals surface area contributed by atoms with Gasteiger partial charge in [0.05, 0.1) is 23.9 Å². The van der Waals surface area contributed by atoms with Crippen LogP contribution in [0.2, 0.25) is 0 Å². The second kappa shape index (κ2) is 4.87. The first-order valence-corrected chi connectivity index (χ1v) is 6.65. The van der Waals surface area contributed by atoms with Crippen LogP contribution in [0.15, 0.2) is 53.3 Å². The van der Waals surface area contributed by atoms with E-state index in [0.29, 0.717) is 12.1 Å². The number of nitriles is 1. The molecule has 1 aromatic carbocycles. The summed E-state index contributed by atoms with van der Waals surface area (Å²) in [4.78, 5) is 4.37. The molecule has 3 nitrogen and oxygen atoms in total. The molecule has 2 heterocycles. The monoisotopic (exact) mass is 311 g/mol. The highest BCUT2D eigenvalue weighted by molar-refractivity contribution is 9.10. The molecule has 0 bridgehead atoms. The van der Waals surface area contributed by atoms with Gasteiger partial charge in [-0.25, -0.2) is 0 Å². The lowest BCUT2D eigenvalue weighted by molar-refractivity contribution is 0.807. The van der Waals surface area contributed by atoms with Crippen LogP contribution < -0.4 is 0 Å². The van der Waals surface area contributed by atoms with Gasteiger partial charge in [-0.3, -0.25) is 4.98 Å². The van der Waals surface area contributed by atoms with Crippen LogP contribution >= 0.6 is 15.9 Å². The molecule has 0 aliphatic rings. The Labute approximate surface area is 119 Å². The third-order valence-corrected chi connectivity index (χ3v) is 3.49. The molecule has 3 aromatic rings. The Hall–Kier alpha value is -2.12. The first kappa shape index (κ1) is 11.9. The quantitative estimate of drug-likeness (QED) is 0.724. The average Bonchev–Trinajstić information content (AvgIpc) is 2.84. The number of hydrogen-bond donors (Lipinski definition) is 0. The number of benzene rings is 1. The van der Waals surface area contributed by atoms with Crippen molar-refractivity contribution in [2.75, 3.05) is 0 Å². The molecule has 0 saturated carbocycles. The minimum Gasteiger partial charge on any atom is -0.341 e. The molecule has 0 aliphatic heterocycles. The molecule has 4 heteroatoms. The Kier molecular flexibility index (Phi) is 3.06. The van der Waals surface area contributed by atoms with Gasteiger partial charge in [0.1, 0.15) is 0 Å². The predicted molar refractivity (Wildman–Crippen MR) is 77.7 cm³/mol. The number of hydrogen-bond acceptors (Lipinski definition) is 2. The maximum atomic E-state index is 8.97. The standard InChI is InChI=1S/C15H10BrN3/c16-13-3-4-14(18-9-13)10-19-6-5-12-2-1-11(8-17)7-15(12)19/h1-7,9H,10H2. The van der Waals surface area contributed by atoms with Crippen LogP contribution in [0, 0.1) is 11.3 Å². The van der Waals surface area contributed by atoms with Crippen molar-refractivity contribution in [2.45, 2.75) is 6.54 Å². The van der Waals surface area contributed by atoms with E-state index in [1.165, 1.54) is 0 Å². The number of aromatic nitrogens is 2. The van der Waals surface area contributed by atoms with Crippen LogP contribution in [0.4, 0.5) is 0 Å². The molecule has 0 fully saturated rings. The van der Waals surface area contributed by atoms with Gasteiger partial charge in [0.2, 0.25) is 0 Å². The van der Waals surface area contributed by atoms with Crippen molar-refractivity contribution in [3.8, 4) is 6.07 Å². The summed E-state index contributed by atoms with van der Waals surface area (Å²) >= 11 is 3.38. The molecule has 0 aliphatic carbocycles. The van der Waals surface area contributed by atoms with E-state index in [9.17, 15) is 0 Å². The van der Waals surface area contributed by atoms with Gasteiger partial charge in [-0.15, -0.1) is 0 Å². The third-order valence-electron chi connectivity index (χ3n) is 3.02. The number of fused-ring (bicyclic) bond motifs is 1. The van der Waals surface area contributed by atoms with Gasteiger partial charge in [-0.05, 0) is 51.6 Å². The lowest BCUT2D eigenvalue weighted by atomic mass is 10.2. The van der Waals surface area contributed by atoms with Gasteiger partial charge in [0.15, 0.2) is 0 Å². The van der Waals surface area contributed by atoms with Crippen LogP contribution in [-0.4, -0.2) is 9.55 Å². The van der Waals surface area contributed by atoms with Gasteiger partial charge in [0, 0.05) is 22.4 Å². The minimum absolute atomic E-state index is 0.677. The van der Waals surface area contributed by atoms with E-state index in [-0.39, 0.29) is 0 Å². The molecule has 0 unspecified atom stereocenters. The maximum Gasteiger partial charge on any atom is 0.0992 e. The largest absolute Gasteiger partial charge is 0.341 e. The summed E-state index contributed by atoms with van der Waals surface area (Å²) < 4.78 is 3.08. The van der Waals surface area contributed by atoms with Crippen LogP contribution in [-0.2, 0) is 6.54 Å². The van der Waals surface area contributed by atoms with E-state index >= 15 is 0 Å². The Balaban J connectivity index is 2.01. The SMILES string of the molecule is N#Cc1ccc2ccn(Cc3ccc(Br)cn3)c2c1. The fraction of sp³-hybridized carbons (Fsp3) is 0.0667. The number of pyridine rings is 1. The van der Waals surface area contributed by atoms with Gasteiger partial charge < -0.3 is 4.57 Å². The van der Waals surface area contributed by atoms with Crippen LogP contribution in [0.3, 0.4) is 0 Å². The van der Waals surface area contributed by atoms with Crippen molar-refractivity contribution in [2.24, 2.45) is 0 Å². The van der Waals surface area contributed by atoms with Crippen molar-refractivity contribution in [3.63, 3.8) is 0 Å². The van der Waals surface area contributed by atoms with Crippen molar-refractivity contribution in [3.05, 3.63) is 64.5 Å². The highest BCUT2D eigenvalue weighted by atomic mass is 79.9. The minimum atomic E-state index is 0.677. The van der Waals surface area contributed by atoms with E-state index in [1.54, 1.807) is 6.20 Å². The van der Waals surface area contributed by atoms with E-state index in [0.717, 1.165) is 21.1 Å². The first-order valence-electron chi connectivity index (χ1n) is 5.86. The van der Waals surface area contributed by atoms with E-state index in [4.69, 9.17) is 5.26 Å². The van der Waals surface area contributed by atoms with Crippen molar-refractivity contribution in [1.82, 2.24) is 9.55 Å². The summed E-state index contributed by atoms with van der Waals surface area (Å²) in [5.74, 6) is 0. The molecule has 92 valence electrons. The molecular weight excluding hydrogens is 302 g/mol. The Morgan fingerprint density at radius 1 is 1.21 bits per heavy atom. The Bertz CT molecular complexity index is 766. The molecule has 0 radical (unpaired) electrons. The number of rotatable bonds is 2. The fourth-order valence-corrected chi connectivity index (χ4v) is 2.30. The van der Waals surface area contributed by atoms with E-state index < -0.39 is 0 Å². The molecule has 2 aromatic heterocycles. The smallest absolute Gasteiger partial charge is 0.0992 e. The normalized spacial score (nSPS) is 10.5. The molecular formula is C15H10BrN3. The Morgan fingerprint density at radius 2 is 2.11 bits per heavy atom. The summed E-state index contributed by atoms with van der Waals surface area (Å²) in [5, 5.41) is 10.1. The van der Waals surface area contributed by atoms with Crippen LogP contribution in [0.5, 0.6) is 0 Å². The fourth-order valence-electron chi connectivity index (χ4n) is 2.07. The van der Waals surface area contributed by atoms with Gasteiger partial charge >= 0.3 is 0 Å². The van der Waals surface area contributed by atoms with Crippen molar-refractivity contribution < 1.29 is 0 Å². The van der Waals surface area contributed by atoms with Crippen LogP contribution in [0.25, 0.3) is 10.9 Å². The third kappa shape index (κ3) is 2.38. The Morgan fingerprint density at radius 3 is 2.84 bits per heavy atom. The summed E-state index contributed by atoms with van der Waals surface area (Å²) in [6, 6.07) is 13.9. The highest BCUT2D eigenvalue weighted by Gasteiger charge is 2.04. The molecule has 0 amide bonds. The summed E-state index contributed by atoms with van der Waals surface area (Å²) in [6.45, 7) is 0.700.